The van der Waals surface area contributed by atoms with Crippen molar-refractivity contribution in [2.24, 2.45) is 5.92 Å². The van der Waals surface area contributed by atoms with Gasteiger partial charge in [-0.3, -0.25) is 4.98 Å². The van der Waals surface area contributed by atoms with Crippen LogP contribution in [0.3, 0.4) is 0 Å². The molecule has 3 heteroatoms. The topological polar surface area (TPSA) is 34.1 Å². The van der Waals surface area contributed by atoms with Gasteiger partial charge in [0, 0.05) is 17.6 Å². The van der Waals surface area contributed by atoms with Gasteiger partial charge in [-0.1, -0.05) is 45.4 Å². The maximum absolute atomic E-state index is 6.03. The van der Waals surface area contributed by atoms with Crippen LogP contribution in [-0.2, 0) is 0 Å². The second-order valence-corrected chi connectivity index (χ2v) is 5.19. The molecule has 2 aromatic rings. The molecule has 0 aliphatic rings. The third kappa shape index (κ3) is 3.48. The van der Waals surface area contributed by atoms with Gasteiger partial charge >= 0.3 is 0 Å². The van der Waals surface area contributed by atoms with Crippen LogP contribution in [0.1, 0.15) is 27.2 Å². The van der Waals surface area contributed by atoms with E-state index in [1.807, 2.05) is 24.4 Å². The number of nitrogens with one attached hydrogen (secondary N) is 1. The maximum Gasteiger partial charge on any atom is 0.145 e. The molecule has 1 heterocycles. The van der Waals surface area contributed by atoms with Gasteiger partial charge in [0.25, 0.3) is 0 Å². The van der Waals surface area contributed by atoms with Crippen molar-refractivity contribution in [2.75, 3.05) is 13.2 Å². The Hall–Kier alpha value is -1.61. The smallest absolute Gasteiger partial charge is 0.145 e. The minimum Gasteiger partial charge on any atom is -0.490 e. The molecule has 108 valence electrons. The Morgan fingerprint density at radius 2 is 2.00 bits per heavy atom. The van der Waals surface area contributed by atoms with Crippen molar-refractivity contribution in [2.45, 2.75) is 33.2 Å². The zero-order chi connectivity index (χ0) is 14.4. The summed E-state index contributed by atoms with van der Waals surface area (Å²) in [6.45, 7) is 8.26. The molecule has 0 saturated carbocycles. The van der Waals surface area contributed by atoms with Crippen molar-refractivity contribution in [3.8, 4) is 5.75 Å². The van der Waals surface area contributed by atoms with Gasteiger partial charge in [-0.15, -0.1) is 0 Å². The molecule has 20 heavy (non-hydrogen) atoms. The van der Waals surface area contributed by atoms with Crippen LogP contribution in [0, 0.1) is 5.92 Å². The summed E-state index contributed by atoms with van der Waals surface area (Å²) < 4.78 is 6.03. The molecule has 0 saturated heterocycles. The molecule has 0 aliphatic heterocycles. The summed E-state index contributed by atoms with van der Waals surface area (Å²) >= 11 is 0. The van der Waals surface area contributed by atoms with E-state index in [4.69, 9.17) is 4.74 Å². The van der Waals surface area contributed by atoms with Gasteiger partial charge in [-0.05, 0) is 24.6 Å². The highest BCUT2D eigenvalue weighted by molar-refractivity contribution is 5.84. The van der Waals surface area contributed by atoms with Gasteiger partial charge in [0.15, 0.2) is 0 Å². The predicted molar refractivity (Wildman–Crippen MR) is 84.2 cm³/mol. The number of aromatic nitrogens is 1. The van der Waals surface area contributed by atoms with Crippen molar-refractivity contribution in [1.29, 1.82) is 0 Å². The van der Waals surface area contributed by atoms with Gasteiger partial charge in [0.05, 0.1) is 0 Å². The fourth-order valence-electron chi connectivity index (χ4n) is 2.34. The summed E-state index contributed by atoms with van der Waals surface area (Å²) in [5.41, 5.74) is 0.939. The van der Waals surface area contributed by atoms with E-state index in [9.17, 15) is 0 Å². The molecule has 2 unspecified atom stereocenters. The third-order valence-electron chi connectivity index (χ3n) is 3.81. The number of fused-ring (bicyclic) bond motifs is 1. The number of benzene rings is 1. The average Bonchev–Trinajstić information content (AvgIpc) is 2.50. The van der Waals surface area contributed by atoms with Gasteiger partial charge < -0.3 is 10.1 Å². The van der Waals surface area contributed by atoms with Crippen LogP contribution < -0.4 is 10.1 Å². The van der Waals surface area contributed by atoms with Crippen molar-refractivity contribution < 1.29 is 4.74 Å². The third-order valence-corrected chi connectivity index (χ3v) is 3.81. The number of hydrogen-bond donors (Lipinski definition) is 1. The van der Waals surface area contributed by atoms with Gasteiger partial charge in [-0.25, -0.2) is 0 Å². The Balaban J connectivity index is 2.11. The number of pyridine rings is 1. The van der Waals surface area contributed by atoms with Crippen LogP contribution in [0.2, 0.25) is 0 Å². The van der Waals surface area contributed by atoms with E-state index in [0.29, 0.717) is 18.6 Å². The molecular formula is C17H24N2O. The lowest BCUT2D eigenvalue weighted by Gasteiger charge is -2.24. The van der Waals surface area contributed by atoms with Crippen LogP contribution in [0.25, 0.3) is 10.9 Å². The van der Waals surface area contributed by atoms with E-state index < -0.39 is 0 Å². The molecule has 1 N–H and O–H groups in total. The summed E-state index contributed by atoms with van der Waals surface area (Å²) in [7, 11) is 0. The first-order valence-corrected chi connectivity index (χ1v) is 7.46. The zero-order valence-electron chi connectivity index (χ0n) is 12.6. The number of rotatable bonds is 7. The molecule has 2 rings (SSSR count). The van der Waals surface area contributed by atoms with Crippen molar-refractivity contribution in [1.82, 2.24) is 10.3 Å². The highest BCUT2D eigenvalue weighted by Crippen LogP contribution is 2.23. The van der Waals surface area contributed by atoms with Crippen LogP contribution in [0.15, 0.2) is 36.5 Å². The van der Waals surface area contributed by atoms with E-state index in [-0.39, 0.29) is 0 Å². The highest BCUT2D eigenvalue weighted by atomic mass is 16.5. The van der Waals surface area contributed by atoms with Crippen molar-refractivity contribution in [3.05, 3.63) is 36.5 Å². The molecular weight excluding hydrogens is 248 g/mol. The first-order valence-electron chi connectivity index (χ1n) is 7.46. The van der Waals surface area contributed by atoms with Crippen LogP contribution in [-0.4, -0.2) is 24.2 Å². The minimum atomic E-state index is 0.379. The molecule has 0 amide bonds. The summed E-state index contributed by atoms with van der Waals surface area (Å²) in [6, 6.07) is 10.5. The lowest BCUT2D eigenvalue weighted by atomic mass is 10.00. The fourth-order valence-corrected chi connectivity index (χ4v) is 2.34. The van der Waals surface area contributed by atoms with Gasteiger partial charge in [0.1, 0.15) is 17.9 Å². The quantitative estimate of drug-likeness (QED) is 0.835. The van der Waals surface area contributed by atoms with E-state index in [2.05, 4.69) is 43.2 Å². The number of para-hydroxylation sites is 1. The van der Waals surface area contributed by atoms with Crippen molar-refractivity contribution >= 4 is 10.9 Å². The summed E-state index contributed by atoms with van der Waals surface area (Å²) in [5.74, 6) is 1.46. The zero-order valence-corrected chi connectivity index (χ0v) is 12.6. The molecule has 3 nitrogen and oxygen atoms in total. The Morgan fingerprint density at radius 3 is 2.75 bits per heavy atom. The molecule has 0 radical (unpaired) electrons. The molecule has 1 aromatic carbocycles. The fraction of sp³-hybridized carbons (Fsp3) is 0.471. The van der Waals surface area contributed by atoms with Crippen molar-refractivity contribution in [3.63, 3.8) is 0 Å². The Morgan fingerprint density at radius 1 is 1.20 bits per heavy atom. The van der Waals surface area contributed by atoms with Gasteiger partial charge in [-0.2, -0.15) is 0 Å². The summed E-state index contributed by atoms with van der Waals surface area (Å²) in [6.07, 6.45) is 2.96. The molecule has 0 bridgehead atoms. The molecule has 0 spiro atoms. The van der Waals surface area contributed by atoms with E-state index in [0.717, 1.165) is 29.6 Å². The first-order chi connectivity index (χ1) is 9.76. The normalized spacial score (nSPS) is 14.2. The van der Waals surface area contributed by atoms with Crippen LogP contribution in [0.5, 0.6) is 5.75 Å². The molecule has 0 aliphatic carbocycles. The first kappa shape index (κ1) is 14.8. The second-order valence-electron chi connectivity index (χ2n) is 5.19. The molecule has 1 aromatic heterocycles. The monoisotopic (exact) mass is 272 g/mol. The lowest BCUT2D eigenvalue weighted by molar-refractivity contribution is 0.224. The number of ether oxygens (including phenoxy) is 1. The van der Waals surface area contributed by atoms with E-state index in [1.54, 1.807) is 0 Å². The van der Waals surface area contributed by atoms with E-state index >= 15 is 0 Å². The number of hydrogen-bond acceptors (Lipinski definition) is 3. The number of nitrogens with zero attached hydrogens (tertiary/aromatic N) is 1. The molecule has 0 fully saturated rings. The summed E-state index contributed by atoms with van der Waals surface area (Å²) in [5, 5.41) is 4.63. The Bertz CT molecular complexity index is 536. The standard InChI is InChI=1S/C17H24N2O/c1-4-13(3)15(18-5-2)12-20-16-10-6-8-14-9-7-11-19-17(14)16/h6-11,13,15,18H,4-5,12H2,1-3H3. The summed E-state index contributed by atoms with van der Waals surface area (Å²) in [4.78, 5) is 4.42. The highest BCUT2D eigenvalue weighted by Gasteiger charge is 2.16. The maximum atomic E-state index is 6.03. The van der Waals surface area contributed by atoms with Crippen LogP contribution in [0.4, 0.5) is 0 Å². The SMILES string of the molecule is CCNC(COc1cccc2cccnc12)C(C)CC. The Labute approximate surface area is 121 Å². The number of likely N-dealkylation sites (N-methyl/N-ethyl adjacent to an activating group) is 1. The predicted octanol–water partition coefficient (Wildman–Crippen LogP) is 3.64. The van der Waals surface area contributed by atoms with Crippen LogP contribution >= 0.6 is 0 Å². The van der Waals surface area contributed by atoms with E-state index in [1.165, 1.54) is 0 Å². The lowest BCUT2D eigenvalue weighted by Crippen LogP contribution is -2.39. The Kier molecular flexibility index (Phi) is 5.36. The average molecular weight is 272 g/mol. The minimum absolute atomic E-state index is 0.379. The second kappa shape index (κ2) is 7.25. The van der Waals surface area contributed by atoms with Gasteiger partial charge in [0.2, 0.25) is 0 Å². The molecule has 2 atom stereocenters. The largest absolute Gasteiger partial charge is 0.490 e.